The minimum atomic E-state index is -0.772. The van der Waals surface area contributed by atoms with E-state index in [4.69, 9.17) is 0 Å². The topological polar surface area (TPSA) is 78.8 Å². The van der Waals surface area contributed by atoms with Gasteiger partial charge in [0.1, 0.15) is 0 Å². The summed E-state index contributed by atoms with van der Waals surface area (Å²) in [4.78, 5) is 37.0. The number of carbonyl (C=O) groups excluding carboxylic acids is 3. The van der Waals surface area contributed by atoms with Gasteiger partial charge in [-0.2, -0.15) is 5.10 Å². The van der Waals surface area contributed by atoms with Crippen LogP contribution >= 0.6 is 0 Å². The molecule has 0 radical (unpaired) electrons. The highest BCUT2D eigenvalue weighted by atomic mass is 16.2. The van der Waals surface area contributed by atoms with Crippen molar-refractivity contribution in [2.75, 3.05) is 0 Å². The number of rotatable bonds is 5. The maximum atomic E-state index is 12.2. The van der Waals surface area contributed by atoms with E-state index in [1.54, 1.807) is 41.5 Å². The Morgan fingerprint density at radius 3 is 2.05 bits per heavy atom. The van der Waals surface area contributed by atoms with Gasteiger partial charge in [0.15, 0.2) is 0 Å². The molecule has 0 fully saturated rings. The molecule has 6 heteroatoms. The third-order valence-electron chi connectivity index (χ3n) is 3.28. The Labute approximate surface area is 125 Å². The van der Waals surface area contributed by atoms with E-state index in [0.717, 1.165) is 5.71 Å². The SMILES string of the molecule is CC(C)=NNC(=O)C(C)(C)CC(C)(C)N1C(=O)C=CC1=O. The number of amides is 3. The van der Waals surface area contributed by atoms with Gasteiger partial charge in [0, 0.05) is 28.8 Å². The number of nitrogens with zero attached hydrogens (tertiary/aromatic N) is 2. The Morgan fingerprint density at radius 1 is 1.14 bits per heavy atom. The summed E-state index contributed by atoms with van der Waals surface area (Å²) < 4.78 is 0. The zero-order valence-electron chi connectivity index (χ0n) is 13.5. The molecule has 0 aliphatic carbocycles. The molecule has 21 heavy (non-hydrogen) atoms. The van der Waals surface area contributed by atoms with Crippen LogP contribution in [0.2, 0.25) is 0 Å². The molecule has 1 aliphatic heterocycles. The van der Waals surface area contributed by atoms with Crippen molar-refractivity contribution in [3.63, 3.8) is 0 Å². The Morgan fingerprint density at radius 2 is 1.62 bits per heavy atom. The van der Waals surface area contributed by atoms with Gasteiger partial charge in [-0.25, -0.2) is 5.43 Å². The van der Waals surface area contributed by atoms with Crippen molar-refractivity contribution in [3.05, 3.63) is 12.2 Å². The highest BCUT2D eigenvalue weighted by molar-refractivity contribution is 6.13. The Hall–Kier alpha value is -1.98. The second kappa shape index (κ2) is 5.79. The van der Waals surface area contributed by atoms with Gasteiger partial charge in [0.05, 0.1) is 0 Å². The molecule has 3 amide bonds. The fraction of sp³-hybridized carbons (Fsp3) is 0.600. The maximum Gasteiger partial charge on any atom is 0.254 e. The summed E-state index contributed by atoms with van der Waals surface area (Å²) in [6.45, 7) is 10.7. The van der Waals surface area contributed by atoms with Gasteiger partial charge in [0.25, 0.3) is 11.8 Å². The van der Waals surface area contributed by atoms with Gasteiger partial charge in [-0.1, -0.05) is 13.8 Å². The predicted octanol–water partition coefficient (Wildman–Crippen LogP) is 1.62. The highest BCUT2D eigenvalue weighted by Gasteiger charge is 2.43. The van der Waals surface area contributed by atoms with Crippen LogP contribution in [0.25, 0.3) is 0 Å². The first-order valence-electron chi connectivity index (χ1n) is 6.85. The Balaban J connectivity index is 2.86. The summed E-state index contributed by atoms with van der Waals surface area (Å²) in [5, 5.41) is 3.91. The van der Waals surface area contributed by atoms with Crippen molar-refractivity contribution in [3.8, 4) is 0 Å². The molecule has 0 unspecified atom stereocenters. The Bertz CT molecular complexity index is 508. The zero-order valence-corrected chi connectivity index (χ0v) is 13.5. The van der Waals surface area contributed by atoms with E-state index in [1.165, 1.54) is 17.1 Å². The molecular weight excluding hydrogens is 270 g/mol. The van der Waals surface area contributed by atoms with Gasteiger partial charge in [0.2, 0.25) is 5.91 Å². The molecular formula is C15H23N3O3. The van der Waals surface area contributed by atoms with Crippen LogP contribution in [0.5, 0.6) is 0 Å². The molecule has 0 saturated carbocycles. The quantitative estimate of drug-likeness (QED) is 0.475. The van der Waals surface area contributed by atoms with E-state index in [2.05, 4.69) is 10.5 Å². The second-order valence-electron chi connectivity index (χ2n) is 6.72. The second-order valence-corrected chi connectivity index (χ2v) is 6.72. The van der Waals surface area contributed by atoms with Crippen LogP contribution in [-0.2, 0) is 14.4 Å². The number of carbonyl (C=O) groups is 3. The molecule has 1 heterocycles. The van der Waals surface area contributed by atoms with Gasteiger partial charge < -0.3 is 0 Å². The lowest BCUT2D eigenvalue weighted by atomic mass is 9.78. The molecule has 1 rings (SSSR count). The molecule has 1 N–H and O–H groups in total. The van der Waals surface area contributed by atoms with E-state index in [9.17, 15) is 14.4 Å². The van der Waals surface area contributed by atoms with E-state index in [-0.39, 0.29) is 17.7 Å². The van der Waals surface area contributed by atoms with E-state index < -0.39 is 11.0 Å². The normalized spacial score (nSPS) is 15.4. The molecule has 0 aromatic heterocycles. The van der Waals surface area contributed by atoms with Crippen molar-refractivity contribution in [1.29, 1.82) is 0 Å². The van der Waals surface area contributed by atoms with Crippen LogP contribution in [0.4, 0.5) is 0 Å². The van der Waals surface area contributed by atoms with E-state index in [0.29, 0.717) is 6.42 Å². The molecule has 0 aromatic rings. The molecule has 0 spiro atoms. The first kappa shape index (κ1) is 17.1. The number of nitrogens with one attached hydrogen (secondary N) is 1. The monoisotopic (exact) mass is 293 g/mol. The van der Waals surface area contributed by atoms with Crippen molar-refractivity contribution in [1.82, 2.24) is 10.3 Å². The van der Waals surface area contributed by atoms with Crippen LogP contribution in [0, 0.1) is 5.41 Å². The molecule has 0 atom stereocenters. The smallest absolute Gasteiger partial charge is 0.254 e. The number of imide groups is 1. The molecule has 0 saturated heterocycles. The lowest BCUT2D eigenvalue weighted by Crippen LogP contribution is -2.52. The lowest BCUT2D eigenvalue weighted by molar-refractivity contribution is -0.146. The predicted molar refractivity (Wildman–Crippen MR) is 80.4 cm³/mol. The number of hydrazone groups is 1. The average Bonchev–Trinajstić information content (AvgIpc) is 2.64. The Kier molecular flexibility index (Phi) is 4.71. The molecule has 0 bridgehead atoms. The molecule has 1 aliphatic rings. The van der Waals surface area contributed by atoms with Crippen molar-refractivity contribution >= 4 is 23.4 Å². The van der Waals surface area contributed by atoms with E-state index >= 15 is 0 Å². The van der Waals surface area contributed by atoms with Gasteiger partial charge >= 0.3 is 0 Å². The average molecular weight is 293 g/mol. The largest absolute Gasteiger partial charge is 0.273 e. The van der Waals surface area contributed by atoms with Gasteiger partial charge in [-0.15, -0.1) is 0 Å². The first-order chi connectivity index (χ1) is 9.47. The van der Waals surface area contributed by atoms with Crippen LogP contribution in [0.1, 0.15) is 48.0 Å². The molecule has 0 aromatic carbocycles. The summed E-state index contributed by atoms with van der Waals surface area (Å²) >= 11 is 0. The number of hydrogen-bond donors (Lipinski definition) is 1. The summed E-state index contributed by atoms with van der Waals surface area (Å²) in [6.07, 6.45) is 2.84. The maximum absolute atomic E-state index is 12.2. The van der Waals surface area contributed by atoms with Crippen molar-refractivity contribution in [2.45, 2.75) is 53.5 Å². The van der Waals surface area contributed by atoms with Gasteiger partial charge in [-0.05, 0) is 34.1 Å². The lowest BCUT2D eigenvalue weighted by Gasteiger charge is -2.39. The third-order valence-corrected chi connectivity index (χ3v) is 3.28. The molecule has 116 valence electrons. The summed E-state index contributed by atoms with van der Waals surface area (Å²) in [5.74, 6) is -0.934. The van der Waals surface area contributed by atoms with Crippen LogP contribution < -0.4 is 5.43 Å². The summed E-state index contributed by atoms with van der Waals surface area (Å²) in [5.41, 5.74) is 1.71. The first-order valence-corrected chi connectivity index (χ1v) is 6.85. The zero-order chi connectivity index (χ0) is 16.4. The van der Waals surface area contributed by atoms with Crippen LogP contribution in [0.3, 0.4) is 0 Å². The fourth-order valence-corrected chi connectivity index (χ4v) is 2.55. The number of hydrogen-bond acceptors (Lipinski definition) is 4. The standard InChI is InChI=1S/C15H23N3O3/c1-10(2)16-17-13(21)14(3,4)9-15(5,6)18-11(19)7-8-12(18)20/h7-8H,9H2,1-6H3,(H,17,21). The van der Waals surface area contributed by atoms with Gasteiger partial charge in [-0.3, -0.25) is 19.3 Å². The summed E-state index contributed by atoms with van der Waals surface area (Å²) in [7, 11) is 0. The van der Waals surface area contributed by atoms with E-state index in [1.807, 2.05) is 0 Å². The minimum absolute atomic E-state index is 0.246. The van der Waals surface area contributed by atoms with Crippen molar-refractivity contribution < 1.29 is 14.4 Å². The van der Waals surface area contributed by atoms with Crippen LogP contribution in [-0.4, -0.2) is 33.9 Å². The summed E-state index contributed by atoms with van der Waals surface area (Å²) in [6, 6.07) is 0. The third kappa shape index (κ3) is 4.00. The minimum Gasteiger partial charge on any atom is -0.273 e. The molecule has 6 nitrogen and oxygen atoms in total. The van der Waals surface area contributed by atoms with Crippen LogP contribution in [0.15, 0.2) is 17.3 Å². The van der Waals surface area contributed by atoms with Crippen molar-refractivity contribution in [2.24, 2.45) is 10.5 Å². The fourth-order valence-electron chi connectivity index (χ4n) is 2.55. The highest BCUT2D eigenvalue weighted by Crippen LogP contribution is 2.33.